The van der Waals surface area contributed by atoms with E-state index in [4.69, 9.17) is 5.11 Å². The van der Waals surface area contributed by atoms with Gasteiger partial charge in [-0.15, -0.1) is 11.8 Å². The van der Waals surface area contributed by atoms with E-state index in [9.17, 15) is 14.4 Å². The number of amides is 2. The Kier molecular flexibility index (Phi) is 4.72. The summed E-state index contributed by atoms with van der Waals surface area (Å²) in [5, 5.41) is 9.02. The summed E-state index contributed by atoms with van der Waals surface area (Å²) in [6.07, 6.45) is 3.66. The highest BCUT2D eigenvalue weighted by Gasteiger charge is 2.35. The van der Waals surface area contributed by atoms with Gasteiger partial charge >= 0.3 is 5.97 Å². The summed E-state index contributed by atoms with van der Waals surface area (Å²) in [6, 6.07) is 14.4. The maximum Gasteiger partial charge on any atom is 0.323 e. The highest BCUT2D eigenvalue weighted by molar-refractivity contribution is 7.98. The van der Waals surface area contributed by atoms with Crippen LogP contribution < -0.4 is 0 Å². The number of hydrogen-bond donors (Lipinski definition) is 1. The smallest absolute Gasteiger partial charge is 0.323 e. The molecule has 0 atom stereocenters. The van der Waals surface area contributed by atoms with E-state index < -0.39 is 24.3 Å². The van der Waals surface area contributed by atoms with Gasteiger partial charge < -0.3 is 5.11 Å². The molecule has 1 N–H and O–H groups in total. The monoisotopic (exact) mass is 353 g/mol. The molecule has 0 aliphatic carbocycles. The topological polar surface area (TPSA) is 74.7 Å². The summed E-state index contributed by atoms with van der Waals surface area (Å²) in [7, 11) is 0. The predicted molar refractivity (Wildman–Crippen MR) is 96.2 cm³/mol. The van der Waals surface area contributed by atoms with Crippen LogP contribution >= 0.6 is 11.8 Å². The Labute approximate surface area is 149 Å². The average Bonchev–Trinajstić information content (AvgIpc) is 2.62. The molecule has 0 bridgehead atoms. The Morgan fingerprint density at radius 1 is 1.04 bits per heavy atom. The van der Waals surface area contributed by atoms with Gasteiger partial charge in [-0.3, -0.25) is 19.3 Å². The summed E-state index contributed by atoms with van der Waals surface area (Å²) < 4.78 is 0. The quantitative estimate of drug-likeness (QED) is 0.519. The van der Waals surface area contributed by atoms with Crippen LogP contribution in [0.3, 0.4) is 0 Å². The van der Waals surface area contributed by atoms with Gasteiger partial charge in [0.05, 0.1) is 0 Å². The maximum absolute atomic E-state index is 12.7. The van der Waals surface area contributed by atoms with Gasteiger partial charge in [0, 0.05) is 16.0 Å². The molecule has 1 aliphatic heterocycles. The van der Waals surface area contributed by atoms with Crippen molar-refractivity contribution in [3.05, 3.63) is 65.2 Å². The standard InChI is InChI=1S/C19H15NO4S/c1-25-13-8-6-12(7-9-13)10-16-14-4-2-3-5-15(14)18(23)20(19(16)24)11-17(21)22/h2-10H,11H2,1H3,(H,21,22). The zero-order valence-corrected chi connectivity index (χ0v) is 14.2. The van der Waals surface area contributed by atoms with Gasteiger partial charge in [-0.1, -0.05) is 30.3 Å². The molecule has 0 spiro atoms. The maximum atomic E-state index is 12.7. The van der Waals surface area contributed by atoms with E-state index in [2.05, 4.69) is 0 Å². The van der Waals surface area contributed by atoms with Crippen LogP contribution in [0.4, 0.5) is 0 Å². The molecular formula is C19H15NO4S. The predicted octanol–water partition coefficient (Wildman–Crippen LogP) is 3.02. The summed E-state index contributed by atoms with van der Waals surface area (Å²) in [6.45, 7) is -0.658. The van der Waals surface area contributed by atoms with E-state index in [1.54, 1.807) is 42.1 Å². The van der Waals surface area contributed by atoms with Crippen LogP contribution in [-0.4, -0.2) is 40.6 Å². The van der Waals surface area contributed by atoms with Crippen LogP contribution in [0.25, 0.3) is 11.6 Å². The fourth-order valence-electron chi connectivity index (χ4n) is 2.69. The number of carboxylic acid groups (broad SMARTS) is 1. The SMILES string of the molecule is CSc1ccc(C=C2C(=O)N(CC(=O)O)C(=O)c3ccccc32)cc1. The van der Waals surface area contributed by atoms with Crippen molar-refractivity contribution in [1.29, 1.82) is 0 Å². The summed E-state index contributed by atoms with van der Waals surface area (Å²) in [4.78, 5) is 38.1. The van der Waals surface area contributed by atoms with E-state index in [1.807, 2.05) is 30.5 Å². The van der Waals surface area contributed by atoms with Crippen molar-refractivity contribution >= 4 is 41.2 Å². The molecule has 126 valence electrons. The summed E-state index contributed by atoms with van der Waals surface area (Å²) in [5.74, 6) is -2.41. The minimum absolute atomic E-state index is 0.313. The third kappa shape index (κ3) is 3.34. The minimum atomic E-state index is -1.23. The number of carboxylic acids is 1. The van der Waals surface area contributed by atoms with Gasteiger partial charge in [0.15, 0.2) is 0 Å². The Hall–Kier alpha value is -2.86. The largest absolute Gasteiger partial charge is 0.480 e. The molecule has 0 unspecified atom stereocenters. The third-order valence-electron chi connectivity index (χ3n) is 3.89. The van der Waals surface area contributed by atoms with Crippen LogP contribution in [-0.2, 0) is 9.59 Å². The van der Waals surface area contributed by atoms with Crippen LogP contribution in [0, 0.1) is 0 Å². The molecule has 2 amide bonds. The van der Waals surface area contributed by atoms with Gasteiger partial charge in [0.1, 0.15) is 6.54 Å². The Morgan fingerprint density at radius 2 is 1.68 bits per heavy atom. The van der Waals surface area contributed by atoms with Crippen LogP contribution in [0.1, 0.15) is 21.5 Å². The van der Waals surface area contributed by atoms with Crippen LogP contribution in [0.15, 0.2) is 53.4 Å². The molecule has 25 heavy (non-hydrogen) atoms. The minimum Gasteiger partial charge on any atom is -0.480 e. The lowest BCUT2D eigenvalue weighted by atomic mass is 9.92. The third-order valence-corrected chi connectivity index (χ3v) is 4.63. The van der Waals surface area contributed by atoms with E-state index in [0.29, 0.717) is 16.7 Å². The van der Waals surface area contributed by atoms with Gasteiger partial charge in [0.2, 0.25) is 0 Å². The molecular weight excluding hydrogens is 338 g/mol. The number of imide groups is 1. The molecule has 1 heterocycles. The molecule has 1 aliphatic rings. The van der Waals surface area contributed by atoms with Crippen molar-refractivity contribution in [2.45, 2.75) is 4.90 Å². The van der Waals surface area contributed by atoms with Crippen molar-refractivity contribution in [3.63, 3.8) is 0 Å². The zero-order chi connectivity index (χ0) is 18.0. The number of aliphatic carboxylic acids is 1. The molecule has 6 heteroatoms. The second kappa shape index (κ2) is 6.94. The van der Waals surface area contributed by atoms with Gasteiger partial charge in [-0.25, -0.2) is 0 Å². The Bertz CT molecular complexity index is 887. The number of carbonyl (C=O) groups excluding carboxylic acids is 2. The van der Waals surface area contributed by atoms with Crippen molar-refractivity contribution in [2.24, 2.45) is 0 Å². The number of benzene rings is 2. The normalized spacial score (nSPS) is 15.4. The molecule has 5 nitrogen and oxygen atoms in total. The average molecular weight is 353 g/mol. The second-order valence-corrected chi connectivity index (χ2v) is 6.35. The van der Waals surface area contributed by atoms with Crippen molar-refractivity contribution < 1.29 is 19.5 Å². The molecule has 0 saturated carbocycles. The highest BCUT2D eigenvalue weighted by Crippen LogP contribution is 2.30. The van der Waals surface area contributed by atoms with E-state index in [-0.39, 0.29) is 0 Å². The summed E-state index contributed by atoms with van der Waals surface area (Å²) in [5.41, 5.74) is 1.97. The number of nitrogens with zero attached hydrogens (tertiary/aromatic N) is 1. The number of carbonyl (C=O) groups is 3. The van der Waals surface area contributed by atoms with Crippen molar-refractivity contribution in [3.8, 4) is 0 Å². The molecule has 0 radical (unpaired) electrons. The number of thioether (sulfide) groups is 1. The fourth-order valence-corrected chi connectivity index (χ4v) is 3.10. The van der Waals surface area contributed by atoms with Crippen LogP contribution in [0.5, 0.6) is 0 Å². The molecule has 2 aromatic rings. The van der Waals surface area contributed by atoms with Crippen molar-refractivity contribution in [2.75, 3.05) is 12.8 Å². The summed E-state index contributed by atoms with van der Waals surface area (Å²) >= 11 is 1.61. The first-order valence-electron chi connectivity index (χ1n) is 7.54. The number of fused-ring (bicyclic) bond motifs is 1. The first-order valence-corrected chi connectivity index (χ1v) is 8.77. The first-order chi connectivity index (χ1) is 12.0. The van der Waals surface area contributed by atoms with Crippen LogP contribution in [0.2, 0.25) is 0 Å². The second-order valence-electron chi connectivity index (χ2n) is 5.47. The first kappa shape index (κ1) is 17.0. The van der Waals surface area contributed by atoms with E-state index >= 15 is 0 Å². The lowest BCUT2D eigenvalue weighted by Crippen LogP contribution is -2.44. The Balaban J connectivity index is 2.10. The van der Waals surface area contributed by atoms with Gasteiger partial charge in [-0.05, 0) is 41.7 Å². The number of hydrogen-bond acceptors (Lipinski definition) is 4. The molecule has 0 fully saturated rings. The zero-order valence-electron chi connectivity index (χ0n) is 13.4. The Morgan fingerprint density at radius 3 is 2.28 bits per heavy atom. The molecule has 3 rings (SSSR count). The highest BCUT2D eigenvalue weighted by atomic mass is 32.2. The fraction of sp³-hybridized carbons (Fsp3) is 0.105. The number of rotatable bonds is 4. The van der Waals surface area contributed by atoms with E-state index in [0.717, 1.165) is 15.4 Å². The van der Waals surface area contributed by atoms with Gasteiger partial charge in [0.25, 0.3) is 11.8 Å². The lowest BCUT2D eigenvalue weighted by molar-refractivity contribution is -0.141. The van der Waals surface area contributed by atoms with Crippen molar-refractivity contribution in [1.82, 2.24) is 4.90 Å². The molecule has 0 saturated heterocycles. The van der Waals surface area contributed by atoms with E-state index in [1.165, 1.54) is 0 Å². The molecule has 2 aromatic carbocycles. The lowest BCUT2D eigenvalue weighted by Gasteiger charge is -2.27. The molecule has 0 aromatic heterocycles. The van der Waals surface area contributed by atoms with Gasteiger partial charge in [-0.2, -0.15) is 0 Å².